The van der Waals surface area contributed by atoms with Crippen LogP contribution in [-0.2, 0) is 9.68 Å². The van der Waals surface area contributed by atoms with Gasteiger partial charge >= 0.3 is 0 Å². The van der Waals surface area contributed by atoms with Gasteiger partial charge in [-0.3, -0.25) is 9.68 Å². The van der Waals surface area contributed by atoms with Crippen LogP contribution in [0.3, 0.4) is 0 Å². The van der Waals surface area contributed by atoms with Crippen LogP contribution in [0.15, 0.2) is 72.3 Å². The minimum Gasteiger partial charge on any atom is -0.356 e. The molecule has 0 atom stereocenters. The van der Waals surface area contributed by atoms with Gasteiger partial charge in [-0.1, -0.05) is 0 Å². The van der Waals surface area contributed by atoms with Crippen LogP contribution in [0.5, 0.6) is 0 Å². The Morgan fingerprint density at radius 2 is 0.968 bits per heavy atom. The van der Waals surface area contributed by atoms with Crippen LogP contribution in [0.25, 0.3) is 0 Å². The topological polar surface area (TPSA) is 61.0 Å². The molecular formula is C24H31N5O2. The molecule has 2 aromatic rings. The Kier molecular flexibility index (Phi) is 6.96. The predicted molar refractivity (Wildman–Crippen MR) is 125 cm³/mol. The number of nitrogens with one attached hydrogen (secondary N) is 3. The van der Waals surface area contributed by atoms with Crippen molar-refractivity contribution in [2.75, 3.05) is 42.3 Å². The lowest BCUT2D eigenvalue weighted by Gasteiger charge is -2.22. The van der Waals surface area contributed by atoms with Gasteiger partial charge in [0.1, 0.15) is 11.6 Å². The quantitative estimate of drug-likeness (QED) is 0.484. The van der Waals surface area contributed by atoms with Gasteiger partial charge in [-0.2, -0.15) is 0 Å². The molecule has 3 N–H and O–H groups in total. The van der Waals surface area contributed by atoms with Crippen molar-refractivity contribution in [2.45, 2.75) is 26.7 Å². The molecule has 0 unspecified atom stereocenters. The van der Waals surface area contributed by atoms with E-state index in [1.165, 1.54) is 0 Å². The van der Waals surface area contributed by atoms with Crippen LogP contribution >= 0.6 is 0 Å². The Balaban J connectivity index is 1.31. The third kappa shape index (κ3) is 5.51. The summed E-state index contributed by atoms with van der Waals surface area (Å²) < 4.78 is 0. The maximum absolute atomic E-state index is 5.63. The number of hydrogen-bond acceptors (Lipinski definition) is 7. The summed E-state index contributed by atoms with van der Waals surface area (Å²) in [5.74, 6) is 2.01. The first-order valence-electron chi connectivity index (χ1n) is 11.0. The minimum atomic E-state index is 0.665. The van der Waals surface area contributed by atoms with Gasteiger partial charge in [-0.05, 0) is 87.4 Å². The molecular weight excluding hydrogens is 390 g/mol. The second-order valence-corrected chi connectivity index (χ2v) is 7.33. The molecule has 2 heterocycles. The third-order valence-electron chi connectivity index (χ3n) is 5.05. The van der Waals surface area contributed by atoms with E-state index in [-0.39, 0.29) is 0 Å². The van der Waals surface area contributed by atoms with E-state index in [1.807, 2.05) is 24.0 Å². The minimum absolute atomic E-state index is 0.665. The van der Waals surface area contributed by atoms with Crippen LogP contribution in [-0.4, -0.2) is 36.4 Å². The molecule has 2 aliphatic heterocycles. The molecule has 7 heteroatoms. The number of hydrogen-bond donors (Lipinski definition) is 3. The highest BCUT2D eigenvalue weighted by atomic mass is 16.7. The molecule has 7 nitrogen and oxygen atoms in total. The SMILES string of the molecule is CCON1CCC=C1Nc1ccc(Nc2ccc(NC3=CCCN3OCC)cc2)cc1. The molecule has 2 aliphatic rings. The fraction of sp³-hybridized carbons (Fsp3) is 0.333. The fourth-order valence-corrected chi connectivity index (χ4v) is 3.62. The summed E-state index contributed by atoms with van der Waals surface area (Å²) in [4.78, 5) is 11.3. The third-order valence-corrected chi connectivity index (χ3v) is 5.05. The van der Waals surface area contributed by atoms with Gasteiger partial charge in [0.2, 0.25) is 0 Å². The monoisotopic (exact) mass is 421 g/mol. The van der Waals surface area contributed by atoms with Crippen LogP contribution in [0.2, 0.25) is 0 Å². The summed E-state index contributed by atoms with van der Waals surface area (Å²) in [6, 6.07) is 16.5. The van der Waals surface area contributed by atoms with Gasteiger partial charge in [0.25, 0.3) is 0 Å². The van der Waals surface area contributed by atoms with Gasteiger partial charge in [-0.15, -0.1) is 0 Å². The van der Waals surface area contributed by atoms with Crippen molar-refractivity contribution < 1.29 is 9.68 Å². The van der Waals surface area contributed by atoms with Crippen molar-refractivity contribution in [3.63, 3.8) is 0 Å². The van der Waals surface area contributed by atoms with Gasteiger partial charge < -0.3 is 16.0 Å². The van der Waals surface area contributed by atoms with Gasteiger partial charge in [0.05, 0.1) is 26.3 Å². The maximum Gasteiger partial charge on any atom is 0.126 e. The van der Waals surface area contributed by atoms with E-state index < -0.39 is 0 Å². The first-order valence-corrected chi connectivity index (χ1v) is 11.0. The van der Waals surface area contributed by atoms with E-state index in [2.05, 4.69) is 76.6 Å². The summed E-state index contributed by atoms with van der Waals surface area (Å²) in [7, 11) is 0. The van der Waals surface area contributed by atoms with Crippen molar-refractivity contribution in [1.82, 2.24) is 10.1 Å². The fourth-order valence-electron chi connectivity index (χ4n) is 3.62. The van der Waals surface area contributed by atoms with Crippen molar-refractivity contribution in [1.29, 1.82) is 0 Å². The standard InChI is InChI=1S/C24H31N5O2/c1-3-30-28-17-5-7-23(28)26-21-13-9-19(10-14-21)25-20-11-15-22(16-12-20)27-24-8-6-18-29(24)31-4-2/h7-16,25-27H,3-6,17-18H2,1-2H3. The molecule has 0 amide bonds. The summed E-state index contributed by atoms with van der Waals surface area (Å²) in [5, 5.41) is 14.1. The highest BCUT2D eigenvalue weighted by molar-refractivity contribution is 5.65. The Morgan fingerprint density at radius 3 is 1.32 bits per heavy atom. The van der Waals surface area contributed by atoms with Crippen molar-refractivity contribution >= 4 is 22.7 Å². The number of anilines is 4. The molecule has 0 fully saturated rings. The van der Waals surface area contributed by atoms with Gasteiger partial charge in [0.15, 0.2) is 0 Å². The molecule has 4 rings (SSSR count). The molecule has 0 aromatic heterocycles. The number of nitrogens with zero attached hydrogens (tertiary/aromatic N) is 2. The van der Waals surface area contributed by atoms with E-state index >= 15 is 0 Å². The van der Waals surface area contributed by atoms with Crippen molar-refractivity contribution in [3.05, 3.63) is 72.3 Å². The molecule has 0 saturated carbocycles. The van der Waals surface area contributed by atoms with Gasteiger partial charge in [0, 0.05) is 22.7 Å². The maximum atomic E-state index is 5.63. The van der Waals surface area contributed by atoms with Crippen molar-refractivity contribution in [2.24, 2.45) is 0 Å². The zero-order valence-electron chi connectivity index (χ0n) is 18.2. The van der Waals surface area contributed by atoms with E-state index in [0.29, 0.717) is 13.2 Å². The van der Waals surface area contributed by atoms with E-state index in [4.69, 9.17) is 9.68 Å². The lowest BCUT2D eigenvalue weighted by Crippen LogP contribution is -2.24. The van der Waals surface area contributed by atoms with Crippen LogP contribution in [0, 0.1) is 0 Å². The average Bonchev–Trinajstić information content (AvgIpc) is 3.41. The zero-order valence-corrected chi connectivity index (χ0v) is 18.2. The second kappa shape index (κ2) is 10.2. The summed E-state index contributed by atoms with van der Waals surface area (Å²) in [6.45, 7) is 7.11. The largest absolute Gasteiger partial charge is 0.356 e. The van der Waals surface area contributed by atoms with Crippen LogP contribution in [0.4, 0.5) is 22.7 Å². The normalized spacial score (nSPS) is 15.7. The molecule has 0 aliphatic carbocycles. The molecule has 0 spiro atoms. The first-order chi connectivity index (χ1) is 15.2. The van der Waals surface area contributed by atoms with E-state index in [1.54, 1.807) is 0 Å². The number of benzene rings is 2. The lowest BCUT2D eigenvalue weighted by atomic mass is 10.2. The molecule has 2 aromatic carbocycles. The van der Waals surface area contributed by atoms with Crippen molar-refractivity contribution in [3.8, 4) is 0 Å². The lowest BCUT2D eigenvalue weighted by molar-refractivity contribution is -0.117. The molecule has 164 valence electrons. The summed E-state index contributed by atoms with van der Waals surface area (Å²) in [6.07, 6.45) is 6.31. The molecule has 0 bridgehead atoms. The Bertz CT molecular complexity index is 833. The number of rotatable bonds is 10. The van der Waals surface area contributed by atoms with Crippen LogP contribution in [0.1, 0.15) is 26.7 Å². The highest BCUT2D eigenvalue weighted by Crippen LogP contribution is 2.24. The molecule has 0 saturated heterocycles. The highest BCUT2D eigenvalue weighted by Gasteiger charge is 2.16. The van der Waals surface area contributed by atoms with E-state index in [0.717, 1.165) is 60.3 Å². The first kappa shape index (κ1) is 21.1. The summed E-state index contributed by atoms with van der Waals surface area (Å²) >= 11 is 0. The van der Waals surface area contributed by atoms with E-state index in [9.17, 15) is 0 Å². The molecule has 31 heavy (non-hydrogen) atoms. The average molecular weight is 422 g/mol. The summed E-state index contributed by atoms with van der Waals surface area (Å²) in [5.41, 5.74) is 4.14. The zero-order chi connectivity index (χ0) is 21.5. The Morgan fingerprint density at radius 1 is 0.613 bits per heavy atom. The second-order valence-electron chi connectivity index (χ2n) is 7.33. The Labute approximate surface area is 184 Å². The predicted octanol–water partition coefficient (Wildman–Crippen LogP) is 5.25. The van der Waals surface area contributed by atoms with Gasteiger partial charge in [-0.25, -0.2) is 10.1 Å². The molecule has 0 radical (unpaired) electrons. The Hall–Kier alpha value is -3.16. The number of hydroxylamine groups is 4. The van der Waals surface area contributed by atoms with Crippen LogP contribution < -0.4 is 16.0 Å². The smallest absolute Gasteiger partial charge is 0.126 e.